The van der Waals surface area contributed by atoms with E-state index in [1.165, 1.54) is 16.0 Å². The Morgan fingerprint density at radius 2 is 1.89 bits per heavy atom. The zero-order valence-electron chi connectivity index (χ0n) is 11.0. The topological polar surface area (TPSA) is 38.9 Å². The number of nitrogens with zero attached hydrogens (tertiary/aromatic N) is 1. The summed E-state index contributed by atoms with van der Waals surface area (Å²) in [6, 6.07) is 10.6. The number of pyridine rings is 1. The third-order valence-corrected chi connectivity index (χ3v) is 3.93. The molecule has 1 heterocycles. The van der Waals surface area contributed by atoms with Crippen LogP contribution in [0.25, 0.3) is 0 Å². The van der Waals surface area contributed by atoms with Crippen LogP contribution in [-0.4, -0.2) is 4.98 Å². The van der Waals surface area contributed by atoms with E-state index in [4.69, 9.17) is 5.73 Å². The average molecular weight is 258 g/mol. The molecule has 0 aliphatic carbocycles. The molecule has 0 spiro atoms. The number of hydrogen-bond acceptors (Lipinski definition) is 3. The molecule has 2 N–H and O–H groups in total. The summed E-state index contributed by atoms with van der Waals surface area (Å²) in [4.78, 5) is 5.65. The van der Waals surface area contributed by atoms with Crippen LogP contribution in [0.5, 0.6) is 0 Å². The van der Waals surface area contributed by atoms with Crippen LogP contribution in [0.2, 0.25) is 0 Å². The van der Waals surface area contributed by atoms with Gasteiger partial charge in [-0.3, -0.25) is 0 Å². The predicted octanol–water partition coefficient (Wildman–Crippen LogP) is 3.87. The van der Waals surface area contributed by atoms with Gasteiger partial charge in [-0.2, -0.15) is 0 Å². The fraction of sp³-hybridized carbons (Fsp3) is 0.267. The minimum absolute atomic E-state index is 0.0400. The Labute approximate surface area is 113 Å². The number of aromatic nitrogens is 1. The van der Waals surface area contributed by atoms with Gasteiger partial charge in [0.05, 0.1) is 0 Å². The Morgan fingerprint density at radius 1 is 1.11 bits per heavy atom. The summed E-state index contributed by atoms with van der Waals surface area (Å²) in [6.07, 6.45) is 1.86. The molecule has 0 bridgehead atoms. The summed E-state index contributed by atoms with van der Waals surface area (Å²) in [6.45, 7) is 6.22. The fourth-order valence-corrected chi connectivity index (χ4v) is 2.47. The monoisotopic (exact) mass is 258 g/mol. The first-order chi connectivity index (χ1) is 8.56. The van der Waals surface area contributed by atoms with Crippen molar-refractivity contribution in [2.24, 2.45) is 5.73 Å². The zero-order valence-corrected chi connectivity index (χ0v) is 11.8. The van der Waals surface area contributed by atoms with E-state index in [1.54, 1.807) is 11.8 Å². The SMILES string of the molecule is Cc1ccc(Sc2ccc([C@H](C)N)cn2)cc1C. The molecule has 1 atom stereocenters. The van der Waals surface area contributed by atoms with Gasteiger partial charge < -0.3 is 5.73 Å². The second kappa shape index (κ2) is 5.55. The van der Waals surface area contributed by atoms with E-state index in [-0.39, 0.29) is 6.04 Å². The van der Waals surface area contributed by atoms with Crippen LogP contribution in [0.3, 0.4) is 0 Å². The summed E-state index contributed by atoms with van der Waals surface area (Å²) in [5.74, 6) is 0. The van der Waals surface area contributed by atoms with Crippen molar-refractivity contribution in [3.63, 3.8) is 0 Å². The van der Waals surface area contributed by atoms with Gasteiger partial charge in [0.25, 0.3) is 0 Å². The van der Waals surface area contributed by atoms with Crippen molar-refractivity contribution >= 4 is 11.8 Å². The van der Waals surface area contributed by atoms with E-state index in [1.807, 2.05) is 25.3 Å². The molecule has 1 aromatic heterocycles. The van der Waals surface area contributed by atoms with Gasteiger partial charge in [-0.25, -0.2) is 4.98 Å². The summed E-state index contributed by atoms with van der Waals surface area (Å²) in [7, 11) is 0. The molecule has 0 saturated heterocycles. The van der Waals surface area contributed by atoms with Gasteiger partial charge in [-0.15, -0.1) is 0 Å². The molecule has 3 heteroatoms. The van der Waals surface area contributed by atoms with Crippen LogP contribution >= 0.6 is 11.8 Å². The van der Waals surface area contributed by atoms with Crippen LogP contribution < -0.4 is 5.73 Å². The summed E-state index contributed by atoms with van der Waals surface area (Å²) >= 11 is 1.68. The number of hydrogen-bond donors (Lipinski definition) is 1. The standard InChI is InChI=1S/C15H18N2S/c1-10-4-6-14(8-11(10)2)18-15-7-5-13(9-17-15)12(3)16/h4-9,12H,16H2,1-3H3/t12-/m0/s1. The normalized spacial score (nSPS) is 12.4. The molecule has 2 aromatic rings. The van der Waals surface area contributed by atoms with Gasteiger partial charge in [0, 0.05) is 17.1 Å². The molecular weight excluding hydrogens is 240 g/mol. The highest BCUT2D eigenvalue weighted by molar-refractivity contribution is 7.99. The van der Waals surface area contributed by atoms with Crippen LogP contribution in [0.15, 0.2) is 46.5 Å². The van der Waals surface area contributed by atoms with E-state index < -0.39 is 0 Å². The van der Waals surface area contributed by atoms with Gasteiger partial charge in [0.15, 0.2) is 0 Å². The number of aryl methyl sites for hydroxylation is 2. The molecule has 0 radical (unpaired) electrons. The second-order valence-corrected chi connectivity index (χ2v) is 5.66. The van der Waals surface area contributed by atoms with E-state index in [0.717, 1.165) is 10.6 Å². The summed E-state index contributed by atoms with van der Waals surface area (Å²) in [5, 5.41) is 1.00. The third-order valence-electron chi connectivity index (χ3n) is 2.99. The lowest BCUT2D eigenvalue weighted by atomic mass is 10.1. The molecule has 0 aliphatic heterocycles. The first kappa shape index (κ1) is 13.1. The summed E-state index contributed by atoms with van der Waals surface area (Å²) in [5.41, 5.74) is 9.51. The number of benzene rings is 1. The first-order valence-corrected chi connectivity index (χ1v) is 6.84. The minimum Gasteiger partial charge on any atom is -0.324 e. The molecule has 0 aliphatic rings. The molecule has 94 valence electrons. The summed E-state index contributed by atoms with van der Waals surface area (Å²) < 4.78 is 0. The molecular formula is C15H18N2S. The third kappa shape index (κ3) is 3.12. The maximum Gasteiger partial charge on any atom is 0.101 e. The molecule has 0 saturated carbocycles. The van der Waals surface area contributed by atoms with Gasteiger partial charge in [-0.1, -0.05) is 23.9 Å². The van der Waals surface area contributed by atoms with Crippen LogP contribution in [0.4, 0.5) is 0 Å². The molecule has 2 nitrogen and oxygen atoms in total. The van der Waals surface area contributed by atoms with E-state index in [2.05, 4.69) is 37.0 Å². The van der Waals surface area contributed by atoms with Gasteiger partial charge in [-0.05, 0) is 55.7 Å². The van der Waals surface area contributed by atoms with Crippen molar-refractivity contribution in [3.05, 3.63) is 53.2 Å². The van der Waals surface area contributed by atoms with Crippen molar-refractivity contribution in [2.45, 2.75) is 36.7 Å². The van der Waals surface area contributed by atoms with E-state index in [0.29, 0.717) is 0 Å². The van der Waals surface area contributed by atoms with Crippen LogP contribution in [0, 0.1) is 13.8 Å². The van der Waals surface area contributed by atoms with Crippen molar-refractivity contribution in [1.82, 2.24) is 4.98 Å². The number of rotatable bonds is 3. The largest absolute Gasteiger partial charge is 0.324 e. The predicted molar refractivity (Wildman–Crippen MR) is 76.9 cm³/mol. The quantitative estimate of drug-likeness (QED) is 0.908. The maximum absolute atomic E-state index is 5.81. The van der Waals surface area contributed by atoms with Crippen LogP contribution in [0.1, 0.15) is 29.7 Å². The van der Waals surface area contributed by atoms with Crippen molar-refractivity contribution < 1.29 is 0 Å². The average Bonchev–Trinajstić information content (AvgIpc) is 2.34. The lowest BCUT2D eigenvalue weighted by molar-refractivity contribution is 0.806. The lowest BCUT2D eigenvalue weighted by Gasteiger charge is -2.07. The van der Waals surface area contributed by atoms with Gasteiger partial charge >= 0.3 is 0 Å². The maximum atomic E-state index is 5.81. The highest BCUT2D eigenvalue weighted by Gasteiger charge is 2.03. The Hall–Kier alpha value is -1.32. The van der Waals surface area contributed by atoms with E-state index in [9.17, 15) is 0 Å². The lowest BCUT2D eigenvalue weighted by Crippen LogP contribution is -2.04. The molecule has 2 rings (SSSR count). The molecule has 0 fully saturated rings. The van der Waals surface area contributed by atoms with Crippen molar-refractivity contribution in [3.8, 4) is 0 Å². The smallest absolute Gasteiger partial charge is 0.101 e. The minimum atomic E-state index is 0.0400. The highest BCUT2D eigenvalue weighted by atomic mass is 32.2. The zero-order chi connectivity index (χ0) is 13.1. The molecule has 0 amide bonds. The highest BCUT2D eigenvalue weighted by Crippen LogP contribution is 2.27. The molecule has 1 aromatic carbocycles. The van der Waals surface area contributed by atoms with Crippen molar-refractivity contribution in [1.29, 1.82) is 0 Å². The molecule has 18 heavy (non-hydrogen) atoms. The Bertz CT molecular complexity index is 533. The van der Waals surface area contributed by atoms with Gasteiger partial charge in [0.1, 0.15) is 5.03 Å². The van der Waals surface area contributed by atoms with Crippen molar-refractivity contribution in [2.75, 3.05) is 0 Å². The van der Waals surface area contributed by atoms with Crippen LogP contribution in [-0.2, 0) is 0 Å². The second-order valence-electron chi connectivity index (χ2n) is 4.57. The van der Waals surface area contributed by atoms with Gasteiger partial charge in [0.2, 0.25) is 0 Å². The van der Waals surface area contributed by atoms with E-state index >= 15 is 0 Å². The number of nitrogens with two attached hydrogens (primary N) is 1. The Balaban J connectivity index is 2.15. The Kier molecular flexibility index (Phi) is 4.04. The first-order valence-electron chi connectivity index (χ1n) is 6.03. The molecule has 0 unspecified atom stereocenters. The fourth-order valence-electron chi connectivity index (χ4n) is 1.62. The Morgan fingerprint density at radius 3 is 2.44 bits per heavy atom.